The van der Waals surface area contributed by atoms with Crippen LogP contribution in [-0.4, -0.2) is 106 Å². The quantitative estimate of drug-likeness (QED) is 0.173. The van der Waals surface area contributed by atoms with Gasteiger partial charge in [-0.15, -0.1) is 0 Å². The predicted molar refractivity (Wildman–Crippen MR) is 233 cm³/mol. The van der Waals surface area contributed by atoms with Crippen LogP contribution in [0.2, 0.25) is 0 Å². The Morgan fingerprint density at radius 1 is 0.700 bits per heavy atom. The smallest absolute Gasteiger partial charge is 0.407 e. The average molecular weight is 815 g/mol. The molecular formula is C46H54N8O6. The van der Waals surface area contributed by atoms with E-state index in [9.17, 15) is 19.2 Å². The fourth-order valence-corrected chi connectivity index (χ4v) is 9.39. The van der Waals surface area contributed by atoms with Crippen molar-refractivity contribution in [1.82, 2.24) is 29.8 Å². The monoisotopic (exact) mass is 814 g/mol. The molecule has 4 aliphatic rings. The van der Waals surface area contributed by atoms with Gasteiger partial charge in [0, 0.05) is 60.5 Å². The molecule has 4 amide bonds. The number of hydrogen-bond donors (Lipinski definition) is 2. The third kappa shape index (κ3) is 7.52. The number of aromatic nitrogens is 2. The maximum absolute atomic E-state index is 13.7. The van der Waals surface area contributed by atoms with Gasteiger partial charge in [-0.1, -0.05) is 45.9 Å². The van der Waals surface area contributed by atoms with E-state index in [4.69, 9.17) is 24.4 Å². The molecule has 0 radical (unpaired) electrons. The minimum atomic E-state index is -0.674. The summed E-state index contributed by atoms with van der Waals surface area (Å²) in [6.45, 7) is 11.0. The molecule has 2 fully saturated rings. The summed E-state index contributed by atoms with van der Waals surface area (Å²) in [4.78, 5) is 70.0. The van der Waals surface area contributed by atoms with Crippen molar-refractivity contribution in [1.29, 1.82) is 0 Å². The zero-order valence-electron chi connectivity index (χ0n) is 35.4. The molecule has 4 atom stereocenters. The van der Waals surface area contributed by atoms with Crippen LogP contribution in [0.25, 0.3) is 38.5 Å². The lowest BCUT2D eigenvalue weighted by atomic mass is 9.96. The van der Waals surface area contributed by atoms with E-state index in [0.29, 0.717) is 25.9 Å². The minimum Gasteiger partial charge on any atom is -0.453 e. The first-order chi connectivity index (χ1) is 28.9. The lowest BCUT2D eigenvalue weighted by Crippen LogP contribution is -2.53. The van der Waals surface area contributed by atoms with Crippen LogP contribution in [0.4, 0.5) is 9.59 Å². The number of alkyl carbamates (subject to hydrolysis) is 2. The van der Waals surface area contributed by atoms with Gasteiger partial charge >= 0.3 is 12.2 Å². The number of aliphatic imine (C=N–C) groups is 2. The van der Waals surface area contributed by atoms with Gasteiger partial charge in [-0.25, -0.2) is 14.6 Å². The predicted octanol–water partition coefficient (Wildman–Crippen LogP) is 7.06. The van der Waals surface area contributed by atoms with Crippen molar-refractivity contribution >= 4 is 73.9 Å². The number of ether oxygens (including phenoxy) is 2. The number of benzene rings is 2. The summed E-state index contributed by atoms with van der Waals surface area (Å²) in [5.74, 6) is 0.483. The molecule has 60 heavy (non-hydrogen) atoms. The van der Waals surface area contributed by atoms with Crippen molar-refractivity contribution in [3.05, 3.63) is 71.8 Å². The molecule has 0 bridgehead atoms. The fraction of sp³-hybridized carbons (Fsp3) is 0.457. The molecule has 4 aromatic rings. The molecule has 0 aliphatic carbocycles. The number of hydrogen-bond acceptors (Lipinski definition) is 9. The van der Waals surface area contributed by atoms with Crippen LogP contribution in [0.3, 0.4) is 0 Å². The average Bonchev–Trinajstić information content (AvgIpc) is 4.09. The SMILES string of the molecule is COC(=O)N[C@H](C(=O)N1CCC[C@H]1C1=NC=C(c2ccc3c(c2)cc2c4ccc(C5=CN=C([C@@H]6CCCN6C(=O)[C@@H](NC(=O)OC)C(C)C)C5)cc4nc(C)n32)C1)C(C)C. The highest BCUT2D eigenvalue weighted by molar-refractivity contribution is 6.07. The maximum atomic E-state index is 13.7. The lowest BCUT2D eigenvalue weighted by molar-refractivity contribution is -0.134. The third-order valence-electron chi connectivity index (χ3n) is 12.6. The van der Waals surface area contributed by atoms with Crippen molar-refractivity contribution in [3.63, 3.8) is 0 Å². The molecule has 0 spiro atoms. The van der Waals surface area contributed by atoms with Gasteiger partial charge in [0.05, 0.1) is 42.9 Å². The second kappa shape index (κ2) is 16.5. The number of carbonyl (C=O) groups excluding carboxylic acids is 4. The highest BCUT2D eigenvalue weighted by Gasteiger charge is 2.40. The lowest BCUT2D eigenvalue weighted by Gasteiger charge is -2.31. The Hall–Kier alpha value is -6.05. The molecule has 2 aromatic carbocycles. The van der Waals surface area contributed by atoms with Gasteiger partial charge in [-0.05, 0) is 91.0 Å². The van der Waals surface area contributed by atoms with Crippen LogP contribution in [0.15, 0.2) is 64.8 Å². The maximum Gasteiger partial charge on any atom is 0.407 e. The summed E-state index contributed by atoms with van der Waals surface area (Å²) in [5, 5.41) is 7.61. The molecule has 314 valence electrons. The van der Waals surface area contributed by atoms with Crippen molar-refractivity contribution in [3.8, 4) is 0 Å². The number of carbonyl (C=O) groups is 4. The molecule has 2 N–H and O–H groups in total. The van der Waals surface area contributed by atoms with Crippen LogP contribution in [0.1, 0.15) is 83.2 Å². The Morgan fingerprint density at radius 2 is 1.22 bits per heavy atom. The van der Waals surface area contributed by atoms with Crippen LogP contribution in [0, 0.1) is 18.8 Å². The minimum absolute atomic E-state index is 0.0936. The van der Waals surface area contributed by atoms with Gasteiger partial charge in [0.15, 0.2) is 0 Å². The van der Waals surface area contributed by atoms with Crippen molar-refractivity contribution < 1.29 is 28.7 Å². The second-order valence-corrected chi connectivity index (χ2v) is 17.0. The normalized spacial score (nSPS) is 20.1. The van der Waals surface area contributed by atoms with E-state index in [2.05, 4.69) is 57.5 Å². The number of rotatable bonds is 10. The summed E-state index contributed by atoms with van der Waals surface area (Å²) in [6.07, 6.45) is 7.34. The largest absolute Gasteiger partial charge is 0.453 e. The van der Waals surface area contributed by atoms with Crippen LogP contribution >= 0.6 is 0 Å². The molecule has 2 aromatic heterocycles. The molecule has 14 heteroatoms. The standard InChI is InChI=1S/C46H54N8O6/c1-25(2)41(50-45(57)59-6)43(55)52-16-8-10-38(52)35-20-31(23-47-35)28-13-15-37-30(18-28)22-40-33-14-12-29(19-34(33)49-27(5)54(37)40)32-21-36(48-24-32)39-11-9-17-53(39)44(56)42(26(3)4)51-46(58)60-7/h12-15,18-19,22-26,38-39,41-42H,8-11,16-17,20-21H2,1-7H3,(H,50,57)(H,51,58)/t38-,39-,41-,42-/m0/s1. The van der Waals surface area contributed by atoms with E-state index >= 15 is 0 Å². The number of fused-ring (bicyclic) bond motifs is 5. The summed E-state index contributed by atoms with van der Waals surface area (Å²) < 4.78 is 11.8. The summed E-state index contributed by atoms with van der Waals surface area (Å²) in [7, 11) is 2.60. The Bertz CT molecular complexity index is 2530. The second-order valence-electron chi connectivity index (χ2n) is 17.0. The fourth-order valence-electron chi connectivity index (χ4n) is 9.39. The van der Waals surface area contributed by atoms with Gasteiger partial charge in [0.2, 0.25) is 11.8 Å². The highest BCUT2D eigenvalue weighted by atomic mass is 16.5. The molecule has 4 aliphatic heterocycles. The molecule has 0 unspecified atom stereocenters. The number of nitrogens with one attached hydrogen (secondary N) is 2. The summed E-state index contributed by atoms with van der Waals surface area (Å²) >= 11 is 0. The molecule has 14 nitrogen and oxygen atoms in total. The Kier molecular flexibility index (Phi) is 11.2. The van der Waals surface area contributed by atoms with E-state index in [-0.39, 0.29) is 35.7 Å². The topological polar surface area (TPSA) is 159 Å². The van der Waals surface area contributed by atoms with Gasteiger partial charge in [-0.3, -0.25) is 24.0 Å². The molecular weight excluding hydrogens is 761 g/mol. The Labute approximate surface area is 349 Å². The van der Waals surface area contributed by atoms with E-state index in [1.165, 1.54) is 14.2 Å². The van der Waals surface area contributed by atoms with Gasteiger partial charge in [-0.2, -0.15) is 0 Å². The first kappa shape index (κ1) is 40.7. The van der Waals surface area contributed by atoms with E-state index in [0.717, 1.165) is 92.5 Å². The Morgan fingerprint density at radius 3 is 1.73 bits per heavy atom. The van der Waals surface area contributed by atoms with Crippen LogP contribution in [-0.2, 0) is 19.1 Å². The molecule has 0 saturated carbocycles. The zero-order chi connectivity index (χ0) is 42.4. The molecule has 6 heterocycles. The van der Waals surface area contributed by atoms with E-state index < -0.39 is 24.3 Å². The highest BCUT2D eigenvalue weighted by Crippen LogP contribution is 2.36. The molecule has 8 rings (SSSR count). The Balaban J connectivity index is 0.977. The van der Waals surface area contributed by atoms with Crippen LogP contribution in [0.5, 0.6) is 0 Å². The van der Waals surface area contributed by atoms with Gasteiger partial charge in [0.1, 0.15) is 17.9 Å². The number of aryl methyl sites for hydroxylation is 1. The third-order valence-corrected chi connectivity index (χ3v) is 12.6. The van der Waals surface area contributed by atoms with Crippen LogP contribution < -0.4 is 10.6 Å². The van der Waals surface area contributed by atoms with E-state index in [1.54, 1.807) is 0 Å². The van der Waals surface area contributed by atoms with Crippen molar-refractivity contribution in [2.45, 2.75) is 97.3 Å². The first-order valence-electron chi connectivity index (χ1n) is 21.0. The zero-order valence-corrected chi connectivity index (χ0v) is 35.4. The van der Waals surface area contributed by atoms with Gasteiger partial charge in [0.25, 0.3) is 0 Å². The van der Waals surface area contributed by atoms with E-state index in [1.807, 2.05) is 56.8 Å². The molecule has 2 saturated heterocycles. The first-order valence-corrected chi connectivity index (χ1v) is 21.0. The number of methoxy groups -OCH3 is 2. The van der Waals surface area contributed by atoms with Gasteiger partial charge < -0.3 is 29.9 Å². The van der Waals surface area contributed by atoms with Crippen molar-refractivity contribution in [2.24, 2.45) is 21.8 Å². The number of amides is 4. The number of likely N-dealkylation sites (tertiary alicyclic amines) is 2. The summed E-state index contributed by atoms with van der Waals surface area (Å²) in [6, 6.07) is 13.6. The number of allylic oxidation sites excluding steroid dienone is 2. The summed E-state index contributed by atoms with van der Waals surface area (Å²) in [5.41, 5.74) is 9.29. The van der Waals surface area contributed by atoms with Crippen molar-refractivity contribution in [2.75, 3.05) is 27.3 Å². The number of nitrogens with zero attached hydrogens (tertiary/aromatic N) is 6.